The Morgan fingerprint density at radius 2 is 1.62 bits per heavy atom. The molecule has 29 heavy (non-hydrogen) atoms. The van der Waals surface area contributed by atoms with Crippen molar-refractivity contribution in [1.29, 1.82) is 0 Å². The van der Waals surface area contributed by atoms with Crippen LogP contribution in [0.5, 0.6) is 0 Å². The average molecular weight is 567 g/mol. The molecule has 2 N–H and O–H groups in total. The molecule has 3 nitrogen and oxygen atoms in total. The van der Waals surface area contributed by atoms with Gasteiger partial charge in [0.05, 0.1) is 12.2 Å². The molecule has 1 radical (unpaired) electrons. The molecule has 0 spiro atoms. The largest absolute Gasteiger partial charge is 0.393 e. The van der Waals surface area contributed by atoms with Crippen LogP contribution >= 0.6 is 0 Å². The summed E-state index contributed by atoms with van der Waals surface area (Å²) in [4.78, 5) is 4.55. The molecule has 3 aromatic rings. The van der Waals surface area contributed by atoms with Crippen LogP contribution in [0, 0.1) is 24.8 Å². The Balaban J connectivity index is 0.000000174. The van der Waals surface area contributed by atoms with Crippen molar-refractivity contribution < 1.29 is 30.3 Å². The predicted octanol–water partition coefficient (Wildman–Crippen LogP) is 4.93. The van der Waals surface area contributed by atoms with E-state index in [0.717, 1.165) is 36.9 Å². The number of hydrogen-bond donors (Lipinski definition) is 2. The van der Waals surface area contributed by atoms with Gasteiger partial charge in [-0.05, 0) is 60.6 Å². The van der Waals surface area contributed by atoms with Gasteiger partial charge in [-0.3, -0.25) is 0 Å². The second-order valence-corrected chi connectivity index (χ2v) is 8.09. The fourth-order valence-corrected chi connectivity index (χ4v) is 4.86. The summed E-state index contributed by atoms with van der Waals surface area (Å²) in [6.45, 7) is 2.09. The molecule has 155 valence electrons. The van der Waals surface area contributed by atoms with Crippen molar-refractivity contribution in [3.63, 3.8) is 0 Å². The van der Waals surface area contributed by atoms with Crippen molar-refractivity contribution in [2.24, 2.45) is 11.8 Å². The maximum Gasteiger partial charge on any atom is 0.0595 e. The number of rotatable bonds is 1. The van der Waals surface area contributed by atoms with Gasteiger partial charge < -0.3 is 15.2 Å². The smallest absolute Gasteiger partial charge is 0.0595 e. The fourth-order valence-electron chi connectivity index (χ4n) is 4.86. The molecular formula is C25H28IrNO2-. The Hall–Kier alpha value is -1.58. The van der Waals surface area contributed by atoms with E-state index in [1.807, 2.05) is 30.5 Å². The summed E-state index contributed by atoms with van der Waals surface area (Å²) < 4.78 is 0. The van der Waals surface area contributed by atoms with Gasteiger partial charge in [-0.15, -0.1) is 35.9 Å². The molecular weight excluding hydrogens is 538 g/mol. The van der Waals surface area contributed by atoms with E-state index < -0.39 is 0 Å². The molecule has 2 aliphatic rings. The molecule has 5 rings (SSSR count). The predicted molar refractivity (Wildman–Crippen MR) is 113 cm³/mol. The zero-order valence-electron chi connectivity index (χ0n) is 16.7. The molecule has 0 bridgehead atoms. The van der Waals surface area contributed by atoms with Crippen molar-refractivity contribution >= 4 is 10.8 Å². The first-order chi connectivity index (χ1) is 13.6. The van der Waals surface area contributed by atoms with Crippen LogP contribution in [0.25, 0.3) is 22.0 Å². The topological polar surface area (TPSA) is 53.4 Å². The third-order valence-electron chi connectivity index (χ3n) is 6.30. The van der Waals surface area contributed by atoms with Crippen LogP contribution in [0.1, 0.15) is 37.7 Å². The van der Waals surface area contributed by atoms with Crippen LogP contribution in [0.2, 0.25) is 0 Å². The maximum atomic E-state index is 9.59. The van der Waals surface area contributed by atoms with E-state index in [-0.39, 0.29) is 38.2 Å². The van der Waals surface area contributed by atoms with Crippen LogP contribution in [0.3, 0.4) is 0 Å². The van der Waals surface area contributed by atoms with Crippen molar-refractivity contribution in [2.45, 2.75) is 51.2 Å². The Morgan fingerprint density at radius 1 is 0.897 bits per heavy atom. The van der Waals surface area contributed by atoms with Crippen molar-refractivity contribution in [1.82, 2.24) is 4.98 Å². The minimum Gasteiger partial charge on any atom is -0.393 e. The SMILES string of the molecule is Cc1cnc(-c2[c-]cccc2)c2ccccc12.OC1CCCC2CCC(O)C12.[Ir]. The second kappa shape index (κ2) is 9.95. The Bertz CT molecular complexity index is 929. The standard InChI is InChI=1S/C16H12N.C9H16O2.Ir/c1-12-11-17-16(13-7-3-2-4-8-13)15-10-6-5-9-14(12)15;10-7-3-1-2-6-4-5-8(11)9(6)7;/h2-7,9-11H,1H3;6-11H,1-5H2;/q-1;;. The first-order valence-electron chi connectivity index (χ1n) is 10.3. The first-order valence-corrected chi connectivity index (χ1v) is 10.3. The quantitative estimate of drug-likeness (QED) is 0.411. The van der Waals surface area contributed by atoms with Gasteiger partial charge in [-0.25, -0.2) is 0 Å². The zero-order chi connectivity index (χ0) is 19.5. The minimum atomic E-state index is -0.216. The summed E-state index contributed by atoms with van der Waals surface area (Å²) in [6.07, 6.45) is 6.81. The molecule has 4 heteroatoms. The summed E-state index contributed by atoms with van der Waals surface area (Å²) in [6, 6.07) is 19.6. The molecule has 0 aliphatic heterocycles. The van der Waals surface area contributed by atoms with Crippen LogP contribution in [0.4, 0.5) is 0 Å². The number of pyridine rings is 1. The van der Waals surface area contributed by atoms with Gasteiger partial charge in [0.25, 0.3) is 0 Å². The summed E-state index contributed by atoms with van der Waals surface area (Å²) >= 11 is 0. The summed E-state index contributed by atoms with van der Waals surface area (Å²) in [5, 5.41) is 21.6. The number of aliphatic hydroxyl groups excluding tert-OH is 2. The molecule has 2 saturated carbocycles. The monoisotopic (exact) mass is 567 g/mol. The van der Waals surface area contributed by atoms with Crippen LogP contribution in [0.15, 0.2) is 54.7 Å². The second-order valence-electron chi connectivity index (χ2n) is 8.09. The molecule has 0 saturated heterocycles. The van der Waals surface area contributed by atoms with Gasteiger partial charge in [0, 0.05) is 32.2 Å². The van der Waals surface area contributed by atoms with Gasteiger partial charge >= 0.3 is 0 Å². The zero-order valence-corrected chi connectivity index (χ0v) is 19.1. The molecule has 4 unspecified atom stereocenters. The Labute approximate surface area is 186 Å². The minimum absolute atomic E-state index is 0. The van der Waals surface area contributed by atoms with Gasteiger partial charge in [0.2, 0.25) is 0 Å². The molecule has 2 aliphatic carbocycles. The number of aryl methyl sites for hydroxylation is 1. The number of aromatic nitrogens is 1. The molecule has 2 aromatic carbocycles. The molecule has 1 aromatic heterocycles. The van der Waals surface area contributed by atoms with Gasteiger partial charge in [-0.1, -0.05) is 30.7 Å². The van der Waals surface area contributed by atoms with E-state index in [1.165, 1.54) is 22.8 Å². The van der Waals surface area contributed by atoms with Crippen molar-refractivity contribution in [3.05, 3.63) is 66.4 Å². The third kappa shape index (κ3) is 4.78. The summed E-state index contributed by atoms with van der Waals surface area (Å²) in [5.41, 5.74) is 3.26. The van der Waals surface area contributed by atoms with Gasteiger partial charge in [0.15, 0.2) is 0 Å². The van der Waals surface area contributed by atoms with E-state index in [2.05, 4.69) is 42.2 Å². The van der Waals surface area contributed by atoms with Gasteiger partial charge in [-0.2, -0.15) is 0 Å². The summed E-state index contributed by atoms with van der Waals surface area (Å²) in [7, 11) is 0. The normalized spacial score (nSPS) is 25.5. The first kappa shape index (κ1) is 22.1. The summed E-state index contributed by atoms with van der Waals surface area (Å²) in [5.74, 6) is 0.831. The van der Waals surface area contributed by atoms with E-state index in [1.54, 1.807) is 0 Å². The van der Waals surface area contributed by atoms with Crippen LogP contribution in [-0.2, 0) is 20.1 Å². The Morgan fingerprint density at radius 3 is 2.34 bits per heavy atom. The van der Waals surface area contributed by atoms with Crippen LogP contribution in [-0.4, -0.2) is 27.4 Å². The average Bonchev–Trinajstić information content (AvgIpc) is 3.12. The van der Waals surface area contributed by atoms with Crippen molar-refractivity contribution in [3.8, 4) is 11.3 Å². The molecule has 0 amide bonds. The number of benzene rings is 2. The number of aliphatic hydroxyl groups is 2. The molecule has 4 atom stereocenters. The number of hydrogen-bond acceptors (Lipinski definition) is 3. The van der Waals surface area contributed by atoms with E-state index >= 15 is 0 Å². The maximum absolute atomic E-state index is 9.59. The third-order valence-corrected chi connectivity index (χ3v) is 6.30. The Kier molecular flexibility index (Phi) is 7.59. The number of fused-ring (bicyclic) bond motifs is 2. The van der Waals surface area contributed by atoms with E-state index in [4.69, 9.17) is 0 Å². The van der Waals surface area contributed by atoms with E-state index in [0.29, 0.717) is 5.92 Å². The molecule has 1 heterocycles. The van der Waals surface area contributed by atoms with E-state index in [9.17, 15) is 10.2 Å². The molecule has 2 fully saturated rings. The number of nitrogens with zero attached hydrogens (tertiary/aromatic N) is 1. The van der Waals surface area contributed by atoms with Crippen molar-refractivity contribution in [2.75, 3.05) is 0 Å². The van der Waals surface area contributed by atoms with Crippen LogP contribution < -0.4 is 0 Å². The fraction of sp³-hybridized carbons (Fsp3) is 0.400. The van der Waals surface area contributed by atoms with Gasteiger partial charge in [0.1, 0.15) is 0 Å².